The third-order valence-electron chi connectivity index (χ3n) is 6.12. The van der Waals surface area contributed by atoms with Gasteiger partial charge in [0.25, 0.3) is 10.1 Å². The van der Waals surface area contributed by atoms with Crippen LogP contribution >= 0.6 is 0 Å². The van der Waals surface area contributed by atoms with Gasteiger partial charge in [0.15, 0.2) is 6.29 Å². The molecule has 0 saturated carbocycles. The Morgan fingerprint density at radius 1 is 0.719 bits per heavy atom. The topological polar surface area (TPSA) is 74.7 Å². The first-order valence-corrected chi connectivity index (χ1v) is 14.8. The molecule has 0 aliphatic heterocycles. The predicted octanol–water partition coefficient (Wildman–Crippen LogP) is 7.32. The number of carbonyl (C=O) groups excluding carboxylic acids is 1. The lowest BCUT2D eigenvalue weighted by Crippen LogP contribution is -2.22. The molecule has 0 aromatic heterocycles. The van der Waals surface area contributed by atoms with Crippen LogP contribution in [0.5, 0.6) is 0 Å². The highest BCUT2D eigenvalue weighted by atomic mass is 32.2. The molecule has 0 bridgehead atoms. The summed E-state index contributed by atoms with van der Waals surface area (Å²) in [7, 11) is -2.16. The van der Waals surface area contributed by atoms with Crippen molar-refractivity contribution in [1.29, 1.82) is 0 Å². The standard InChI is InChI=1S/C26H51NO4S/c1-3-4-5-6-7-8-9-10-11-12-13-14-15-16-17-18-19-20-22-26(25-28)27(2)23-21-24-32(29,30)31/h22,25H,3-21,23-24H2,1-2H3,(H,29,30,31)/b26-22+. The molecule has 0 aromatic rings. The Morgan fingerprint density at radius 3 is 1.50 bits per heavy atom. The van der Waals surface area contributed by atoms with Crippen molar-refractivity contribution in [2.45, 2.75) is 129 Å². The van der Waals surface area contributed by atoms with E-state index in [1.54, 1.807) is 11.9 Å². The van der Waals surface area contributed by atoms with E-state index in [0.717, 1.165) is 19.1 Å². The molecule has 6 heteroatoms. The summed E-state index contributed by atoms with van der Waals surface area (Å²) in [5.41, 5.74) is 0.594. The van der Waals surface area contributed by atoms with E-state index in [-0.39, 0.29) is 5.75 Å². The molecule has 0 aromatic carbocycles. The molecule has 0 radical (unpaired) electrons. The molecule has 1 N–H and O–H groups in total. The number of allylic oxidation sites excluding steroid dienone is 2. The molecule has 0 aliphatic carbocycles. The van der Waals surface area contributed by atoms with Crippen molar-refractivity contribution in [2.24, 2.45) is 0 Å². The van der Waals surface area contributed by atoms with E-state index in [0.29, 0.717) is 18.7 Å². The summed E-state index contributed by atoms with van der Waals surface area (Å²) in [5, 5.41) is 0. The van der Waals surface area contributed by atoms with Gasteiger partial charge >= 0.3 is 0 Å². The third-order valence-corrected chi connectivity index (χ3v) is 6.92. The lowest BCUT2D eigenvalue weighted by Gasteiger charge is -2.18. The van der Waals surface area contributed by atoms with E-state index in [9.17, 15) is 13.2 Å². The average Bonchev–Trinajstić information content (AvgIpc) is 2.74. The quantitative estimate of drug-likeness (QED) is 0.0688. The first-order chi connectivity index (χ1) is 15.4. The van der Waals surface area contributed by atoms with Crippen LogP contribution in [-0.2, 0) is 14.9 Å². The number of nitrogens with zero attached hydrogens (tertiary/aromatic N) is 1. The fourth-order valence-corrected chi connectivity index (χ4v) is 4.52. The normalized spacial score (nSPS) is 12.3. The molecule has 0 rings (SSSR count). The Balaban J connectivity index is 3.48. The average molecular weight is 474 g/mol. The zero-order valence-corrected chi connectivity index (χ0v) is 21.8. The van der Waals surface area contributed by atoms with Crippen LogP contribution in [-0.4, -0.2) is 43.5 Å². The summed E-state index contributed by atoms with van der Waals surface area (Å²) in [4.78, 5) is 13.0. The first kappa shape index (κ1) is 31.1. The van der Waals surface area contributed by atoms with Crippen molar-refractivity contribution in [3.8, 4) is 0 Å². The molecule has 0 atom stereocenters. The molecule has 0 spiro atoms. The Morgan fingerprint density at radius 2 is 1.12 bits per heavy atom. The highest BCUT2D eigenvalue weighted by Crippen LogP contribution is 2.14. The number of unbranched alkanes of at least 4 members (excludes halogenated alkanes) is 17. The van der Waals surface area contributed by atoms with Crippen molar-refractivity contribution < 1.29 is 17.8 Å². The molecule has 0 fully saturated rings. The minimum atomic E-state index is -3.93. The Hall–Kier alpha value is -0.880. The van der Waals surface area contributed by atoms with Gasteiger partial charge in [-0.25, -0.2) is 0 Å². The molecule has 0 heterocycles. The molecule has 0 amide bonds. The van der Waals surface area contributed by atoms with Crippen LogP contribution in [0.2, 0.25) is 0 Å². The summed E-state index contributed by atoms with van der Waals surface area (Å²) in [6.07, 6.45) is 26.9. The molecular formula is C26H51NO4S. The number of hydrogen-bond acceptors (Lipinski definition) is 4. The van der Waals surface area contributed by atoms with Gasteiger partial charge in [0.2, 0.25) is 0 Å². The van der Waals surface area contributed by atoms with Crippen LogP contribution in [0, 0.1) is 0 Å². The van der Waals surface area contributed by atoms with E-state index in [2.05, 4.69) is 6.92 Å². The minimum absolute atomic E-state index is 0.275. The number of aldehydes is 1. The van der Waals surface area contributed by atoms with Gasteiger partial charge in [-0.05, 0) is 19.3 Å². The first-order valence-electron chi connectivity index (χ1n) is 13.2. The maximum atomic E-state index is 11.2. The molecule has 32 heavy (non-hydrogen) atoms. The second-order valence-corrected chi connectivity index (χ2v) is 10.8. The highest BCUT2D eigenvalue weighted by Gasteiger charge is 2.07. The van der Waals surface area contributed by atoms with Crippen LogP contribution < -0.4 is 0 Å². The van der Waals surface area contributed by atoms with Crippen molar-refractivity contribution >= 4 is 16.4 Å². The third kappa shape index (κ3) is 22.3. The van der Waals surface area contributed by atoms with Crippen molar-refractivity contribution in [1.82, 2.24) is 4.90 Å². The van der Waals surface area contributed by atoms with Gasteiger partial charge in [-0.3, -0.25) is 9.35 Å². The van der Waals surface area contributed by atoms with E-state index in [1.165, 1.54) is 103 Å². The van der Waals surface area contributed by atoms with Gasteiger partial charge in [0, 0.05) is 13.6 Å². The van der Waals surface area contributed by atoms with Gasteiger partial charge in [-0.15, -0.1) is 0 Å². The fourth-order valence-electron chi connectivity index (χ4n) is 4.03. The molecule has 190 valence electrons. The van der Waals surface area contributed by atoms with E-state index >= 15 is 0 Å². The van der Waals surface area contributed by atoms with Gasteiger partial charge in [0.1, 0.15) is 0 Å². The Labute approximate surface area is 199 Å². The summed E-state index contributed by atoms with van der Waals surface area (Å²) in [5.74, 6) is -0.275. The lowest BCUT2D eigenvalue weighted by molar-refractivity contribution is -0.106. The summed E-state index contributed by atoms with van der Waals surface area (Å²) in [6.45, 7) is 2.71. The van der Waals surface area contributed by atoms with E-state index in [1.807, 2.05) is 6.08 Å². The van der Waals surface area contributed by atoms with Crippen molar-refractivity contribution in [3.05, 3.63) is 11.8 Å². The number of hydrogen-bond donors (Lipinski definition) is 1. The van der Waals surface area contributed by atoms with Crippen molar-refractivity contribution in [3.63, 3.8) is 0 Å². The molecule has 5 nitrogen and oxygen atoms in total. The zero-order chi connectivity index (χ0) is 23.9. The van der Waals surface area contributed by atoms with Crippen molar-refractivity contribution in [2.75, 3.05) is 19.3 Å². The lowest BCUT2D eigenvalue weighted by atomic mass is 10.0. The van der Waals surface area contributed by atoms with Crippen LogP contribution in [0.4, 0.5) is 0 Å². The Kier molecular flexibility index (Phi) is 21.3. The van der Waals surface area contributed by atoms with Crippen LogP contribution in [0.25, 0.3) is 0 Å². The maximum Gasteiger partial charge on any atom is 0.264 e. The number of rotatable bonds is 24. The highest BCUT2D eigenvalue weighted by molar-refractivity contribution is 7.85. The second-order valence-electron chi connectivity index (χ2n) is 9.25. The van der Waals surface area contributed by atoms with Crippen LogP contribution in [0.1, 0.15) is 129 Å². The van der Waals surface area contributed by atoms with Gasteiger partial charge < -0.3 is 4.90 Å². The number of likely N-dealkylation sites (N-methyl/N-ethyl adjacent to an activating group) is 1. The van der Waals surface area contributed by atoms with E-state index < -0.39 is 10.1 Å². The number of carbonyl (C=O) groups is 1. The second kappa shape index (κ2) is 21.9. The summed E-state index contributed by atoms with van der Waals surface area (Å²) >= 11 is 0. The monoisotopic (exact) mass is 473 g/mol. The molecule has 0 saturated heterocycles. The van der Waals surface area contributed by atoms with E-state index in [4.69, 9.17) is 4.55 Å². The maximum absolute atomic E-state index is 11.2. The van der Waals surface area contributed by atoms with Gasteiger partial charge in [0.05, 0.1) is 11.4 Å². The largest absolute Gasteiger partial charge is 0.372 e. The van der Waals surface area contributed by atoms with Gasteiger partial charge in [-0.1, -0.05) is 116 Å². The van der Waals surface area contributed by atoms with Crippen LogP contribution in [0.15, 0.2) is 11.8 Å². The SMILES string of the molecule is CCCCCCCCCCCCCCCCCCC/C=C(\C=O)N(C)CCCS(=O)(=O)O. The predicted molar refractivity (Wildman–Crippen MR) is 137 cm³/mol. The van der Waals surface area contributed by atoms with Crippen LogP contribution in [0.3, 0.4) is 0 Å². The smallest absolute Gasteiger partial charge is 0.264 e. The Bertz CT molecular complexity index is 560. The summed E-state index contributed by atoms with van der Waals surface area (Å²) in [6, 6.07) is 0. The minimum Gasteiger partial charge on any atom is -0.372 e. The van der Waals surface area contributed by atoms with Gasteiger partial charge in [-0.2, -0.15) is 8.42 Å². The molecular weight excluding hydrogens is 422 g/mol. The summed E-state index contributed by atoms with van der Waals surface area (Å²) < 4.78 is 30.3. The molecule has 0 aliphatic rings. The molecule has 0 unspecified atom stereocenters. The zero-order valence-electron chi connectivity index (χ0n) is 21.0. The fraction of sp³-hybridized carbons (Fsp3) is 0.885.